The zero-order chi connectivity index (χ0) is 9.19. The van der Waals surface area contributed by atoms with Gasteiger partial charge in [-0.2, -0.15) is 0 Å². The van der Waals surface area contributed by atoms with Gasteiger partial charge in [0.1, 0.15) is 0 Å². The fourth-order valence-electron chi connectivity index (χ4n) is 1.27. The van der Waals surface area contributed by atoms with Crippen molar-refractivity contribution < 1.29 is 19.7 Å². The number of ether oxygens (including phenoxy) is 1. The fourth-order valence-corrected chi connectivity index (χ4v) is 1.27. The summed E-state index contributed by atoms with van der Waals surface area (Å²) < 4.78 is 5.06. The van der Waals surface area contributed by atoms with Crippen LogP contribution in [0.3, 0.4) is 0 Å². The summed E-state index contributed by atoms with van der Waals surface area (Å²) in [6, 6.07) is 0. The quantitative estimate of drug-likeness (QED) is 0.508. The molecule has 1 aliphatic rings. The topological polar surface area (TPSA) is 92.8 Å². The van der Waals surface area contributed by atoms with Gasteiger partial charge < -0.3 is 20.7 Å². The molecular formula is C7H13NO4. The van der Waals surface area contributed by atoms with Crippen molar-refractivity contribution in [3.8, 4) is 0 Å². The van der Waals surface area contributed by atoms with Crippen LogP contribution in [0.25, 0.3) is 0 Å². The molecule has 0 unspecified atom stereocenters. The Balaban J connectivity index is 2.49. The zero-order valence-electron chi connectivity index (χ0n) is 6.69. The largest absolute Gasteiger partial charge is 0.479 e. The van der Waals surface area contributed by atoms with Crippen LogP contribution >= 0.6 is 0 Å². The molecule has 1 heterocycles. The van der Waals surface area contributed by atoms with Crippen molar-refractivity contribution >= 4 is 5.97 Å². The Hall–Kier alpha value is -0.650. The number of aliphatic carboxylic acids is 1. The Morgan fingerprint density at radius 2 is 2.42 bits per heavy atom. The maximum absolute atomic E-state index is 10.5. The van der Waals surface area contributed by atoms with E-state index < -0.39 is 11.6 Å². The van der Waals surface area contributed by atoms with E-state index in [1.54, 1.807) is 0 Å². The van der Waals surface area contributed by atoms with Crippen LogP contribution in [0, 0.1) is 0 Å². The van der Waals surface area contributed by atoms with Gasteiger partial charge >= 0.3 is 5.97 Å². The average molecular weight is 175 g/mol. The lowest BCUT2D eigenvalue weighted by Crippen LogP contribution is -2.39. The van der Waals surface area contributed by atoms with Crippen molar-refractivity contribution in [2.45, 2.75) is 24.5 Å². The van der Waals surface area contributed by atoms with Crippen LogP contribution in [0.4, 0.5) is 0 Å². The third kappa shape index (κ3) is 1.74. The van der Waals surface area contributed by atoms with Gasteiger partial charge in [-0.1, -0.05) is 0 Å². The average Bonchev–Trinajstić information content (AvgIpc) is 2.34. The number of carbonyl (C=O) groups is 1. The van der Waals surface area contributed by atoms with Gasteiger partial charge in [-0.15, -0.1) is 0 Å². The molecule has 0 saturated carbocycles. The Morgan fingerprint density at radius 1 is 1.75 bits per heavy atom. The smallest absolute Gasteiger partial charge is 0.338 e. The molecule has 1 aliphatic heterocycles. The Bertz CT molecular complexity index is 184. The normalized spacial score (nSPS) is 35.3. The first-order valence-corrected chi connectivity index (χ1v) is 3.86. The molecular weight excluding hydrogens is 162 g/mol. The number of carboxylic acids is 1. The van der Waals surface area contributed by atoms with Crippen LogP contribution in [0.1, 0.15) is 12.8 Å². The van der Waals surface area contributed by atoms with Gasteiger partial charge in [0.25, 0.3) is 0 Å². The van der Waals surface area contributed by atoms with Crippen molar-refractivity contribution in [1.29, 1.82) is 0 Å². The number of aliphatic hydroxyl groups is 1. The summed E-state index contributed by atoms with van der Waals surface area (Å²) in [5.41, 5.74) is 3.57. The molecule has 0 radical (unpaired) electrons. The van der Waals surface area contributed by atoms with E-state index in [2.05, 4.69) is 0 Å². The molecule has 4 N–H and O–H groups in total. The summed E-state index contributed by atoms with van der Waals surface area (Å²) in [5, 5.41) is 18.0. The third-order valence-electron chi connectivity index (χ3n) is 2.01. The van der Waals surface area contributed by atoms with Crippen LogP contribution in [0.2, 0.25) is 0 Å². The standard InChI is InChI=1S/C7H13NO4/c8-2-1-5-3-7(11,4-12-5)6(9)10/h5,11H,1-4,8H2,(H,9,10)/t5-,7+/m0/s1. The second kappa shape index (κ2) is 3.38. The molecule has 0 spiro atoms. The maximum atomic E-state index is 10.5. The first-order chi connectivity index (χ1) is 5.58. The van der Waals surface area contributed by atoms with E-state index in [9.17, 15) is 9.90 Å². The first-order valence-electron chi connectivity index (χ1n) is 3.86. The fraction of sp³-hybridized carbons (Fsp3) is 0.857. The molecule has 0 aliphatic carbocycles. The Morgan fingerprint density at radius 3 is 2.83 bits per heavy atom. The van der Waals surface area contributed by atoms with E-state index in [4.69, 9.17) is 15.6 Å². The van der Waals surface area contributed by atoms with E-state index in [0.29, 0.717) is 13.0 Å². The monoisotopic (exact) mass is 175 g/mol. The van der Waals surface area contributed by atoms with Gasteiger partial charge in [-0.05, 0) is 13.0 Å². The minimum absolute atomic E-state index is 0.132. The number of nitrogens with two attached hydrogens (primary N) is 1. The highest BCUT2D eigenvalue weighted by Crippen LogP contribution is 2.25. The molecule has 1 fully saturated rings. The summed E-state index contributed by atoms with van der Waals surface area (Å²) >= 11 is 0. The highest BCUT2D eigenvalue weighted by atomic mass is 16.5. The van der Waals surface area contributed by atoms with Gasteiger partial charge in [-0.25, -0.2) is 4.79 Å². The summed E-state index contributed by atoms with van der Waals surface area (Å²) in [4.78, 5) is 10.5. The Kier molecular flexibility index (Phi) is 2.66. The van der Waals surface area contributed by atoms with Crippen LogP contribution < -0.4 is 5.73 Å². The minimum atomic E-state index is -1.69. The second-order valence-electron chi connectivity index (χ2n) is 3.05. The van der Waals surface area contributed by atoms with Crippen molar-refractivity contribution in [1.82, 2.24) is 0 Å². The molecule has 5 heteroatoms. The summed E-state index contributed by atoms with van der Waals surface area (Å²) in [6.45, 7) is 0.313. The number of hydrogen-bond acceptors (Lipinski definition) is 4. The van der Waals surface area contributed by atoms with E-state index >= 15 is 0 Å². The van der Waals surface area contributed by atoms with Gasteiger partial charge in [0, 0.05) is 6.42 Å². The molecule has 1 rings (SSSR count). The van der Waals surface area contributed by atoms with E-state index in [1.807, 2.05) is 0 Å². The zero-order valence-corrected chi connectivity index (χ0v) is 6.69. The van der Waals surface area contributed by atoms with E-state index in [-0.39, 0.29) is 19.1 Å². The SMILES string of the molecule is NCC[C@H]1C[C@](O)(C(=O)O)CO1. The minimum Gasteiger partial charge on any atom is -0.479 e. The number of hydrogen-bond donors (Lipinski definition) is 3. The molecule has 1 saturated heterocycles. The highest BCUT2D eigenvalue weighted by molar-refractivity contribution is 5.77. The van der Waals surface area contributed by atoms with Gasteiger partial charge in [0.2, 0.25) is 0 Å². The van der Waals surface area contributed by atoms with Crippen LogP contribution in [0.5, 0.6) is 0 Å². The van der Waals surface area contributed by atoms with Gasteiger partial charge in [0.15, 0.2) is 5.60 Å². The van der Waals surface area contributed by atoms with Crippen LogP contribution in [-0.2, 0) is 9.53 Å². The maximum Gasteiger partial charge on any atom is 0.338 e. The molecule has 0 aromatic heterocycles. The summed E-state index contributed by atoms with van der Waals surface area (Å²) in [7, 11) is 0. The van der Waals surface area contributed by atoms with E-state index in [1.165, 1.54) is 0 Å². The lowest BCUT2D eigenvalue weighted by Gasteiger charge is -2.13. The van der Waals surface area contributed by atoms with Crippen molar-refractivity contribution in [3.63, 3.8) is 0 Å². The number of carboxylic acid groups (broad SMARTS) is 1. The first kappa shape index (κ1) is 9.44. The molecule has 12 heavy (non-hydrogen) atoms. The van der Waals surface area contributed by atoms with E-state index in [0.717, 1.165) is 0 Å². The molecule has 70 valence electrons. The van der Waals surface area contributed by atoms with Crippen molar-refractivity contribution in [2.75, 3.05) is 13.2 Å². The predicted molar refractivity (Wildman–Crippen MR) is 40.6 cm³/mol. The van der Waals surface area contributed by atoms with Crippen molar-refractivity contribution in [2.24, 2.45) is 5.73 Å². The van der Waals surface area contributed by atoms with Gasteiger partial charge in [-0.3, -0.25) is 0 Å². The lowest BCUT2D eigenvalue weighted by molar-refractivity contribution is -0.158. The second-order valence-corrected chi connectivity index (χ2v) is 3.05. The molecule has 5 nitrogen and oxygen atoms in total. The van der Waals surface area contributed by atoms with Gasteiger partial charge in [0.05, 0.1) is 12.7 Å². The molecule has 0 bridgehead atoms. The number of rotatable bonds is 3. The summed E-state index contributed by atoms with van der Waals surface area (Å²) in [5.74, 6) is -1.22. The lowest BCUT2D eigenvalue weighted by atomic mass is 9.99. The third-order valence-corrected chi connectivity index (χ3v) is 2.01. The molecule has 0 aromatic rings. The molecule has 0 amide bonds. The summed E-state index contributed by atoms with van der Waals surface area (Å²) in [6.07, 6.45) is 0.519. The predicted octanol–water partition coefficient (Wildman–Crippen LogP) is -1.06. The van der Waals surface area contributed by atoms with Crippen LogP contribution in [0.15, 0.2) is 0 Å². The van der Waals surface area contributed by atoms with Crippen LogP contribution in [-0.4, -0.2) is 41.0 Å². The molecule has 2 atom stereocenters. The highest BCUT2D eigenvalue weighted by Gasteiger charge is 2.44. The Labute approximate surface area is 70.1 Å². The molecule has 0 aromatic carbocycles. The van der Waals surface area contributed by atoms with Crippen molar-refractivity contribution in [3.05, 3.63) is 0 Å².